The molecule has 1 fully saturated rings. The number of carbonyl (C=O) groups is 1. The number of ether oxygens (including phenoxy) is 1. The molecule has 0 heterocycles. The number of hydrogen-bond acceptors (Lipinski definition) is 3. The lowest BCUT2D eigenvalue weighted by atomic mass is 9.83. The van der Waals surface area contributed by atoms with Crippen molar-refractivity contribution in [2.75, 3.05) is 0 Å². The lowest BCUT2D eigenvalue weighted by Gasteiger charge is -2.32. The summed E-state index contributed by atoms with van der Waals surface area (Å²) in [4.78, 5) is 11.4. The van der Waals surface area contributed by atoms with Gasteiger partial charge in [-0.25, -0.2) is 4.79 Å². The van der Waals surface area contributed by atoms with E-state index in [1.165, 1.54) is 0 Å². The highest BCUT2D eigenvalue weighted by molar-refractivity contribution is 5.87. The second-order valence-electron chi connectivity index (χ2n) is 4.76. The summed E-state index contributed by atoms with van der Waals surface area (Å²) in [5, 5.41) is 9.78. The van der Waals surface area contributed by atoms with Gasteiger partial charge in [-0.1, -0.05) is 26.3 Å². The average molecular weight is 226 g/mol. The quantitative estimate of drug-likeness (QED) is 0.591. The van der Waals surface area contributed by atoms with E-state index in [2.05, 4.69) is 13.5 Å². The first kappa shape index (κ1) is 13.2. The largest absolute Gasteiger partial charge is 0.456 e. The van der Waals surface area contributed by atoms with Crippen LogP contribution in [0.5, 0.6) is 0 Å². The van der Waals surface area contributed by atoms with Gasteiger partial charge in [-0.05, 0) is 32.1 Å². The number of rotatable bonds is 4. The summed E-state index contributed by atoms with van der Waals surface area (Å²) in [5.41, 5.74) is 0.393. The highest BCUT2D eigenvalue weighted by Gasteiger charge is 2.31. The van der Waals surface area contributed by atoms with Crippen molar-refractivity contribution in [3.05, 3.63) is 12.2 Å². The second kappa shape index (κ2) is 6.04. The number of carbonyl (C=O) groups excluding carboxylic acids is 1. The Kier molecular flexibility index (Phi) is 5.00. The number of aliphatic hydroxyl groups is 1. The number of aliphatic hydroxyl groups excluding tert-OH is 1. The van der Waals surface area contributed by atoms with Crippen LogP contribution in [0.2, 0.25) is 0 Å². The van der Waals surface area contributed by atoms with Gasteiger partial charge in [-0.15, -0.1) is 0 Å². The summed E-state index contributed by atoms with van der Waals surface area (Å²) in [5.74, 6) is 0.192. The minimum absolute atomic E-state index is 0.338. The molecule has 0 saturated heterocycles. The molecule has 0 aliphatic heterocycles. The third kappa shape index (κ3) is 3.63. The van der Waals surface area contributed by atoms with Crippen LogP contribution in [0, 0.1) is 5.92 Å². The van der Waals surface area contributed by atoms with Crippen molar-refractivity contribution in [2.45, 2.75) is 58.2 Å². The van der Waals surface area contributed by atoms with E-state index in [9.17, 15) is 9.90 Å². The Morgan fingerprint density at radius 1 is 1.50 bits per heavy atom. The zero-order valence-electron chi connectivity index (χ0n) is 10.2. The molecular formula is C13H22O3. The predicted molar refractivity (Wildman–Crippen MR) is 62.9 cm³/mol. The number of esters is 1. The van der Waals surface area contributed by atoms with Gasteiger partial charge in [0.2, 0.25) is 0 Å². The fourth-order valence-corrected chi connectivity index (χ4v) is 2.23. The molecule has 92 valence electrons. The van der Waals surface area contributed by atoms with Crippen LogP contribution in [0.25, 0.3) is 0 Å². The van der Waals surface area contributed by atoms with Gasteiger partial charge in [0.05, 0.1) is 6.10 Å². The molecule has 1 N–H and O–H groups in total. The zero-order chi connectivity index (χ0) is 12.1. The highest BCUT2D eigenvalue weighted by Crippen LogP contribution is 2.30. The lowest BCUT2D eigenvalue weighted by Crippen LogP contribution is -2.37. The van der Waals surface area contributed by atoms with Crippen LogP contribution < -0.4 is 0 Å². The first-order chi connectivity index (χ1) is 7.54. The molecule has 1 aliphatic rings. The summed E-state index contributed by atoms with van der Waals surface area (Å²) < 4.78 is 5.25. The van der Waals surface area contributed by atoms with Crippen molar-refractivity contribution >= 4 is 5.97 Å². The Morgan fingerprint density at radius 3 is 2.75 bits per heavy atom. The molecule has 3 atom stereocenters. The molecule has 1 aliphatic carbocycles. The molecule has 0 amide bonds. The summed E-state index contributed by atoms with van der Waals surface area (Å²) in [7, 11) is 0. The minimum atomic E-state index is -0.503. The monoisotopic (exact) mass is 226 g/mol. The molecule has 3 nitrogen and oxygen atoms in total. The maximum absolute atomic E-state index is 11.4. The molecule has 16 heavy (non-hydrogen) atoms. The van der Waals surface area contributed by atoms with Gasteiger partial charge >= 0.3 is 5.97 Å². The third-order valence-electron chi connectivity index (χ3n) is 3.17. The van der Waals surface area contributed by atoms with Gasteiger partial charge in [-0.2, -0.15) is 0 Å². The third-order valence-corrected chi connectivity index (χ3v) is 3.17. The van der Waals surface area contributed by atoms with E-state index in [0.717, 1.165) is 32.1 Å². The molecule has 0 spiro atoms. The van der Waals surface area contributed by atoms with E-state index in [4.69, 9.17) is 4.74 Å². The van der Waals surface area contributed by atoms with Crippen molar-refractivity contribution in [3.63, 3.8) is 0 Å². The molecule has 0 aromatic heterocycles. The fraction of sp³-hybridized carbons (Fsp3) is 0.769. The SMILES string of the molecule is C=C(C)C(=O)OC1CC(CCC)CCC1O. The van der Waals surface area contributed by atoms with Crippen LogP contribution in [0.15, 0.2) is 12.2 Å². The molecule has 1 rings (SSSR count). The molecular weight excluding hydrogens is 204 g/mol. The van der Waals surface area contributed by atoms with Crippen LogP contribution in [-0.2, 0) is 9.53 Å². The van der Waals surface area contributed by atoms with E-state index in [1.54, 1.807) is 6.92 Å². The zero-order valence-corrected chi connectivity index (χ0v) is 10.2. The summed E-state index contributed by atoms with van der Waals surface area (Å²) >= 11 is 0. The standard InChI is InChI=1S/C13H22O3/c1-4-5-10-6-7-11(14)12(8-10)16-13(15)9(2)3/h10-12,14H,2,4-8H2,1,3H3. The molecule has 1 saturated carbocycles. The Bertz CT molecular complexity index is 260. The normalized spacial score (nSPS) is 29.8. The van der Waals surface area contributed by atoms with E-state index in [0.29, 0.717) is 11.5 Å². The second-order valence-corrected chi connectivity index (χ2v) is 4.76. The van der Waals surface area contributed by atoms with Gasteiger partial charge < -0.3 is 9.84 Å². The van der Waals surface area contributed by atoms with Crippen molar-refractivity contribution in [2.24, 2.45) is 5.92 Å². The molecule has 0 bridgehead atoms. The first-order valence-electron chi connectivity index (χ1n) is 6.09. The molecule has 0 radical (unpaired) electrons. The van der Waals surface area contributed by atoms with Crippen LogP contribution in [-0.4, -0.2) is 23.3 Å². The van der Waals surface area contributed by atoms with E-state index < -0.39 is 6.10 Å². The Morgan fingerprint density at radius 2 is 2.19 bits per heavy atom. The van der Waals surface area contributed by atoms with Crippen LogP contribution >= 0.6 is 0 Å². The molecule has 0 aromatic rings. The first-order valence-corrected chi connectivity index (χ1v) is 6.09. The van der Waals surface area contributed by atoms with Crippen LogP contribution in [0.1, 0.15) is 46.0 Å². The minimum Gasteiger partial charge on any atom is -0.456 e. The van der Waals surface area contributed by atoms with Gasteiger partial charge in [0, 0.05) is 5.57 Å². The van der Waals surface area contributed by atoms with Crippen molar-refractivity contribution < 1.29 is 14.6 Å². The van der Waals surface area contributed by atoms with Crippen molar-refractivity contribution in [1.82, 2.24) is 0 Å². The van der Waals surface area contributed by atoms with Crippen molar-refractivity contribution in [1.29, 1.82) is 0 Å². The van der Waals surface area contributed by atoms with Crippen LogP contribution in [0.3, 0.4) is 0 Å². The molecule has 3 unspecified atom stereocenters. The van der Waals surface area contributed by atoms with Gasteiger partial charge in [0.25, 0.3) is 0 Å². The highest BCUT2D eigenvalue weighted by atomic mass is 16.6. The topological polar surface area (TPSA) is 46.5 Å². The summed E-state index contributed by atoms with van der Waals surface area (Å²) in [6, 6.07) is 0. The predicted octanol–water partition coefficient (Wildman–Crippen LogP) is 2.44. The Labute approximate surface area is 97.5 Å². The summed E-state index contributed by atoms with van der Waals surface area (Å²) in [6.45, 7) is 7.32. The molecule has 0 aromatic carbocycles. The smallest absolute Gasteiger partial charge is 0.333 e. The molecule has 3 heteroatoms. The van der Waals surface area contributed by atoms with Gasteiger partial charge in [-0.3, -0.25) is 0 Å². The summed E-state index contributed by atoms with van der Waals surface area (Å²) in [6.07, 6.45) is 4.00. The Balaban J connectivity index is 2.49. The fourth-order valence-electron chi connectivity index (χ4n) is 2.23. The maximum Gasteiger partial charge on any atom is 0.333 e. The van der Waals surface area contributed by atoms with E-state index >= 15 is 0 Å². The maximum atomic E-state index is 11.4. The van der Waals surface area contributed by atoms with E-state index in [1.807, 2.05) is 0 Å². The van der Waals surface area contributed by atoms with Gasteiger partial charge in [0.1, 0.15) is 6.10 Å². The van der Waals surface area contributed by atoms with E-state index in [-0.39, 0.29) is 12.1 Å². The number of hydrogen-bond donors (Lipinski definition) is 1. The van der Waals surface area contributed by atoms with Crippen LogP contribution in [0.4, 0.5) is 0 Å². The average Bonchev–Trinajstić information content (AvgIpc) is 2.23. The lowest BCUT2D eigenvalue weighted by molar-refractivity contribution is -0.154. The van der Waals surface area contributed by atoms with Gasteiger partial charge in [0.15, 0.2) is 0 Å². The Hall–Kier alpha value is -0.830. The van der Waals surface area contributed by atoms with Crippen molar-refractivity contribution in [3.8, 4) is 0 Å².